The van der Waals surface area contributed by atoms with E-state index in [2.05, 4.69) is 9.69 Å². The third kappa shape index (κ3) is 4.82. The van der Waals surface area contributed by atoms with Crippen LogP contribution in [0, 0.1) is 0 Å². The number of nitrogens with one attached hydrogen (secondary N) is 1. The Morgan fingerprint density at radius 3 is 2.52 bits per heavy atom. The lowest BCUT2D eigenvalue weighted by Gasteiger charge is -2.07. The molecule has 1 aromatic carbocycles. The Bertz CT molecular complexity index is 703. The highest BCUT2D eigenvalue weighted by atomic mass is 35.5. The molecule has 6 nitrogen and oxygen atoms in total. The van der Waals surface area contributed by atoms with Crippen molar-refractivity contribution in [2.75, 3.05) is 13.7 Å². The molecule has 1 heterocycles. The van der Waals surface area contributed by atoms with Gasteiger partial charge in [-0.1, -0.05) is 35.3 Å². The number of benzene rings is 1. The maximum absolute atomic E-state index is 11.7. The minimum absolute atomic E-state index is 0.0281. The molecule has 23 heavy (non-hydrogen) atoms. The van der Waals surface area contributed by atoms with Gasteiger partial charge in [0.05, 0.1) is 7.11 Å². The van der Waals surface area contributed by atoms with Gasteiger partial charge < -0.3 is 14.8 Å². The van der Waals surface area contributed by atoms with E-state index in [1.165, 1.54) is 0 Å². The molecular formula is C14H12Cl2N2O4S. The number of carbonyl (C=O) groups is 2. The largest absolute Gasteiger partial charge is 0.497 e. The Balaban J connectivity index is 1.78. The molecule has 1 aromatic heterocycles. The van der Waals surface area contributed by atoms with Crippen molar-refractivity contribution in [1.29, 1.82) is 0 Å². The highest BCUT2D eigenvalue weighted by Crippen LogP contribution is 2.29. The molecule has 2 rings (SSSR count). The molecule has 0 aliphatic carbocycles. The van der Waals surface area contributed by atoms with Crippen LogP contribution < -0.4 is 10.1 Å². The average molecular weight is 375 g/mol. The number of rotatable bonds is 6. The maximum Gasteiger partial charge on any atom is 0.360 e. The monoisotopic (exact) mass is 374 g/mol. The van der Waals surface area contributed by atoms with Crippen molar-refractivity contribution in [3.63, 3.8) is 0 Å². The van der Waals surface area contributed by atoms with Crippen LogP contribution in [0.3, 0.4) is 0 Å². The minimum atomic E-state index is -0.794. The van der Waals surface area contributed by atoms with Crippen molar-refractivity contribution in [2.45, 2.75) is 6.54 Å². The Morgan fingerprint density at radius 2 is 1.96 bits per heavy atom. The van der Waals surface area contributed by atoms with Crippen LogP contribution in [0.2, 0.25) is 9.36 Å². The Hall–Kier alpha value is -1.83. The lowest BCUT2D eigenvalue weighted by Crippen LogP contribution is -2.28. The Kier molecular flexibility index (Phi) is 6.20. The van der Waals surface area contributed by atoms with Crippen LogP contribution in [0.25, 0.3) is 0 Å². The number of halogens is 2. The Morgan fingerprint density at radius 1 is 1.26 bits per heavy atom. The summed E-state index contributed by atoms with van der Waals surface area (Å²) in [7, 11) is 1.58. The van der Waals surface area contributed by atoms with Crippen molar-refractivity contribution in [3.05, 3.63) is 44.9 Å². The zero-order chi connectivity index (χ0) is 16.8. The van der Waals surface area contributed by atoms with Crippen molar-refractivity contribution < 1.29 is 19.1 Å². The summed E-state index contributed by atoms with van der Waals surface area (Å²) in [6, 6.07) is 7.22. The van der Waals surface area contributed by atoms with Gasteiger partial charge >= 0.3 is 5.97 Å². The highest BCUT2D eigenvalue weighted by molar-refractivity contribution is 7.11. The number of hydrogen-bond donors (Lipinski definition) is 1. The van der Waals surface area contributed by atoms with Crippen molar-refractivity contribution in [1.82, 2.24) is 9.69 Å². The van der Waals surface area contributed by atoms with Gasteiger partial charge in [0.1, 0.15) is 15.1 Å². The van der Waals surface area contributed by atoms with Gasteiger partial charge in [0.25, 0.3) is 5.91 Å². The molecule has 122 valence electrons. The van der Waals surface area contributed by atoms with E-state index < -0.39 is 18.5 Å². The molecule has 0 fully saturated rings. The summed E-state index contributed by atoms with van der Waals surface area (Å²) in [5, 5.41) is 2.66. The molecule has 9 heteroatoms. The maximum atomic E-state index is 11.7. The second-order valence-electron chi connectivity index (χ2n) is 4.32. The van der Waals surface area contributed by atoms with Crippen LogP contribution in [-0.2, 0) is 16.1 Å². The normalized spacial score (nSPS) is 10.2. The van der Waals surface area contributed by atoms with E-state index in [-0.39, 0.29) is 15.1 Å². The fourth-order valence-electron chi connectivity index (χ4n) is 1.58. The van der Waals surface area contributed by atoms with Crippen LogP contribution in [-0.4, -0.2) is 30.0 Å². The fraction of sp³-hybridized carbons (Fsp3) is 0.214. The van der Waals surface area contributed by atoms with E-state index in [0.717, 1.165) is 22.8 Å². The smallest absolute Gasteiger partial charge is 0.360 e. The van der Waals surface area contributed by atoms with E-state index in [9.17, 15) is 9.59 Å². The molecule has 0 aliphatic heterocycles. The molecular weight excluding hydrogens is 363 g/mol. The first kappa shape index (κ1) is 17.5. The van der Waals surface area contributed by atoms with Crippen LogP contribution in [0.4, 0.5) is 0 Å². The predicted molar refractivity (Wildman–Crippen MR) is 87.3 cm³/mol. The number of nitrogens with zero attached hydrogens (tertiary/aromatic N) is 1. The number of amides is 1. The van der Waals surface area contributed by atoms with Gasteiger partial charge in [-0.05, 0) is 29.2 Å². The minimum Gasteiger partial charge on any atom is -0.497 e. The SMILES string of the molecule is COc1ccc(CNC(=O)COC(=O)c2nsc(Cl)c2Cl)cc1. The third-order valence-corrected chi connectivity index (χ3v) is 4.39. The zero-order valence-electron chi connectivity index (χ0n) is 12.0. The van der Waals surface area contributed by atoms with E-state index in [1.807, 2.05) is 12.1 Å². The molecule has 0 unspecified atom stereocenters. The number of ether oxygens (including phenoxy) is 2. The summed E-state index contributed by atoms with van der Waals surface area (Å²) in [5.74, 6) is -0.503. The molecule has 0 radical (unpaired) electrons. The molecule has 1 N–H and O–H groups in total. The molecule has 0 spiro atoms. The summed E-state index contributed by atoms with van der Waals surface area (Å²) < 4.78 is 13.8. The van der Waals surface area contributed by atoms with Crippen LogP contribution in [0.5, 0.6) is 5.75 Å². The fourth-order valence-corrected chi connectivity index (χ4v) is 2.56. The van der Waals surface area contributed by atoms with Gasteiger partial charge in [-0.3, -0.25) is 4.79 Å². The first-order chi connectivity index (χ1) is 11.0. The first-order valence-electron chi connectivity index (χ1n) is 6.38. The second kappa shape index (κ2) is 8.14. The number of esters is 1. The second-order valence-corrected chi connectivity index (χ2v) is 6.07. The van der Waals surface area contributed by atoms with Gasteiger partial charge in [0.2, 0.25) is 0 Å². The highest BCUT2D eigenvalue weighted by Gasteiger charge is 2.19. The van der Waals surface area contributed by atoms with Crippen LogP contribution in [0.1, 0.15) is 16.1 Å². The van der Waals surface area contributed by atoms with Crippen molar-refractivity contribution in [2.24, 2.45) is 0 Å². The molecule has 0 atom stereocenters. The number of hydrogen-bond acceptors (Lipinski definition) is 6. The summed E-state index contributed by atoms with van der Waals surface area (Å²) in [4.78, 5) is 23.4. The summed E-state index contributed by atoms with van der Waals surface area (Å²) in [6.07, 6.45) is 0. The first-order valence-corrected chi connectivity index (χ1v) is 7.91. The lowest BCUT2D eigenvalue weighted by atomic mass is 10.2. The number of aromatic nitrogens is 1. The molecule has 0 aliphatic rings. The van der Waals surface area contributed by atoms with Gasteiger partial charge in [-0.2, -0.15) is 4.37 Å². The van der Waals surface area contributed by atoms with Crippen LogP contribution in [0.15, 0.2) is 24.3 Å². The van der Waals surface area contributed by atoms with Gasteiger partial charge in [0, 0.05) is 6.54 Å². The molecule has 0 bridgehead atoms. The third-order valence-electron chi connectivity index (χ3n) is 2.77. The van der Waals surface area contributed by atoms with Gasteiger partial charge in [0.15, 0.2) is 12.3 Å². The molecule has 0 saturated heterocycles. The van der Waals surface area contributed by atoms with Crippen LogP contribution >= 0.6 is 34.7 Å². The summed E-state index contributed by atoms with van der Waals surface area (Å²) in [5.41, 5.74) is 0.796. The summed E-state index contributed by atoms with van der Waals surface area (Å²) >= 11 is 12.4. The zero-order valence-corrected chi connectivity index (χ0v) is 14.3. The van der Waals surface area contributed by atoms with Crippen molar-refractivity contribution in [3.8, 4) is 5.75 Å². The topological polar surface area (TPSA) is 77.5 Å². The summed E-state index contributed by atoms with van der Waals surface area (Å²) in [6.45, 7) is -0.121. The number of methoxy groups -OCH3 is 1. The molecule has 1 amide bonds. The predicted octanol–water partition coefficient (Wildman–Crippen LogP) is 2.93. The van der Waals surface area contributed by atoms with Gasteiger partial charge in [-0.15, -0.1) is 0 Å². The average Bonchev–Trinajstić information content (AvgIpc) is 2.90. The van der Waals surface area contributed by atoms with Gasteiger partial charge in [-0.25, -0.2) is 4.79 Å². The molecule has 2 aromatic rings. The lowest BCUT2D eigenvalue weighted by molar-refractivity contribution is -0.124. The van der Waals surface area contributed by atoms with E-state index >= 15 is 0 Å². The standard InChI is InChI=1S/C14H12Cl2N2O4S/c1-21-9-4-2-8(3-5-9)6-17-10(19)7-22-14(20)12-11(15)13(16)23-18-12/h2-5H,6-7H2,1H3,(H,17,19). The Labute approximate surface area is 146 Å². The van der Waals surface area contributed by atoms with E-state index in [4.69, 9.17) is 32.7 Å². The number of carbonyl (C=O) groups excluding carboxylic acids is 2. The molecule has 0 saturated carbocycles. The quantitative estimate of drug-likeness (QED) is 0.786. The van der Waals surface area contributed by atoms with E-state index in [0.29, 0.717) is 6.54 Å². The van der Waals surface area contributed by atoms with E-state index in [1.54, 1.807) is 19.2 Å². The van der Waals surface area contributed by atoms with Crippen molar-refractivity contribution >= 4 is 46.6 Å².